The van der Waals surface area contributed by atoms with Crippen molar-refractivity contribution in [2.45, 2.75) is 37.4 Å². The molecule has 2 heterocycles. The number of halogens is 1. The Labute approximate surface area is 212 Å². The third-order valence-corrected chi connectivity index (χ3v) is 6.99. The van der Waals surface area contributed by atoms with Gasteiger partial charge in [0.25, 0.3) is 5.69 Å². The van der Waals surface area contributed by atoms with Crippen LogP contribution in [0.2, 0.25) is 0 Å². The molecule has 1 saturated heterocycles. The molecule has 2 aromatic carbocycles. The van der Waals surface area contributed by atoms with Gasteiger partial charge in [-0.05, 0) is 63.2 Å². The van der Waals surface area contributed by atoms with E-state index in [-0.39, 0.29) is 35.0 Å². The standard InChI is InChI=1S/C24H27FN6O4S/c1-16(29-12-4-3-5-13-29)23-27-28-24(30(23)18-8-6-17(25)7-9-18)36-15-22(32)26-20-11-10-19(31(33)34)14-21(20)35-2/h6-11,14,16H,3-5,12-13,15H2,1-2H3,(H,26,32). The van der Waals surface area contributed by atoms with Crippen molar-refractivity contribution in [2.24, 2.45) is 0 Å². The number of nitro groups is 1. The van der Waals surface area contributed by atoms with E-state index in [2.05, 4.69) is 27.3 Å². The molecule has 10 nitrogen and oxygen atoms in total. The molecule has 1 amide bonds. The van der Waals surface area contributed by atoms with E-state index >= 15 is 0 Å². The maximum atomic E-state index is 13.6. The Balaban J connectivity index is 1.53. The lowest BCUT2D eigenvalue weighted by molar-refractivity contribution is -0.384. The highest BCUT2D eigenvalue weighted by Crippen LogP contribution is 2.31. The van der Waals surface area contributed by atoms with E-state index in [0.717, 1.165) is 31.8 Å². The van der Waals surface area contributed by atoms with Gasteiger partial charge in [-0.3, -0.25) is 24.4 Å². The zero-order valence-electron chi connectivity index (χ0n) is 20.0. The number of anilines is 1. The maximum absolute atomic E-state index is 13.6. The minimum absolute atomic E-state index is 0.00426. The third kappa shape index (κ3) is 5.82. The largest absolute Gasteiger partial charge is 0.494 e. The number of likely N-dealkylation sites (tertiary alicyclic amines) is 1. The molecule has 1 N–H and O–H groups in total. The summed E-state index contributed by atoms with van der Waals surface area (Å²) in [6, 6.07) is 10.1. The lowest BCUT2D eigenvalue weighted by atomic mass is 10.1. The molecule has 0 bridgehead atoms. The number of carbonyl (C=O) groups excluding carboxylic acids is 1. The van der Waals surface area contributed by atoms with Crippen LogP contribution in [0.5, 0.6) is 5.75 Å². The number of rotatable bonds is 9. The van der Waals surface area contributed by atoms with Crippen LogP contribution in [0.3, 0.4) is 0 Å². The molecule has 0 saturated carbocycles. The number of hydrogen-bond acceptors (Lipinski definition) is 8. The van der Waals surface area contributed by atoms with E-state index in [0.29, 0.717) is 16.5 Å². The van der Waals surface area contributed by atoms with Crippen molar-refractivity contribution >= 4 is 29.0 Å². The predicted molar refractivity (Wildman–Crippen MR) is 134 cm³/mol. The van der Waals surface area contributed by atoms with Gasteiger partial charge in [-0.15, -0.1) is 10.2 Å². The first-order valence-corrected chi connectivity index (χ1v) is 12.6. The number of piperidine rings is 1. The van der Waals surface area contributed by atoms with E-state index in [4.69, 9.17) is 4.74 Å². The van der Waals surface area contributed by atoms with Crippen molar-refractivity contribution in [1.82, 2.24) is 19.7 Å². The van der Waals surface area contributed by atoms with Crippen molar-refractivity contribution in [3.05, 3.63) is 64.2 Å². The van der Waals surface area contributed by atoms with Crippen LogP contribution < -0.4 is 10.1 Å². The second-order valence-corrected chi connectivity index (χ2v) is 9.35. The molecule has 1 aliphatic heterocycles. The second-order valence-electron chi connectivity index (χ2n) is 8.40. The first kappa shape index (κ1) is 25.6. The van der Waals surface area contributed by atoms with Crippen molar-refractivity contribution in [2.75, 3.05) is 31.3 Å². The summed E-state index contributed by atoms with van der Waals surface area (Å²) in [5, 5.41) is 23.0. The van der Waals surface area contributed by atoms with Gasteiger partial charge in [0.05, 0.1) is 35.6 Å². The van der Waals surface area contributed by atoms with Crippen molar-refractivity contribution in [3.8, 4) is 11.4 Å². The second kappa shape index (κ2) is 11.5. The molecule has 190 valence electrons. The first-order valence-electron chi connectivity index (χ1n) is 11.6. The van der Waals surface area contributed by atoms with Crippen LogP contribution in [-0.2, 0) is 4.79 Å². The molecule has 1 aromatic heterocycles. The number of non-ortho nitro benzene ring substituents is 1. The smallest absolute Gasteiger partial charge is 0.273 e. The number of ether oxygens (including phenoxy) is 1. The van der Waals surface area contributed by atoms with Crippen LogP contribution in [0.25, 0.3) is 5.69 Å². The summed E-state index contributed by atoms with van der Waals surface area (Å²) in [6.45, 7) is 4.02. The molecular weight excluding hydrogens is 487 g/mol. The zero-order chi connectivity index (χ0) is 25.7. The highest BCUT2D eigenvalue weighted by molar-refractivity contribution is 7.99. The maximum Gasteiger partial charge on any atom is 0.273 e. The van der Waals surface area contributed by atoms with Gasteiger partial charge in [-0.1, -0.05) is 18.2 Å². The summed E-state index contributed by atoms with van der Waals surface area (Å²) in [6.07, 6.45) is 3.47. The number of amides is 1. The van der Waals surface area contributed by atoms with Crippen LogP contribution in [0.1, 0.15) is 38.1 Å². The lowest BCUT2D eigenvalue weighted by Crippen LogP contribution is -2.33. The van der Waals surface area contributed by atoms with E-state index in [9.17, 15) is 19.3 Å². The molecular formula is C24H27FN6O4S. The number of benzene rings is 2. The van der Waals surface area contributed by atoms with Gasteiger partial charge in [0.2, 0.25) is 5.91 Å². The van der Waals surface area contributed by atoms with Gasteiger partial charge in [0.15, 0.2) is 11.0 Å². The van der Waals surface area contributed by atoms with Gasteiger partial charge in [-0.25, -0.2) is 4.39 Å². The fraction of sp³-hybridized carbons (Fsp3) is 0.375. The van der Waals surface area contributed by atoms with Crippen molar-refractivity contribution in [3.63, 3.8) is 0 Å². The Bertz CT molecular complexity index is 1230. The van der Waals surface area contributed by atoms with E-state index in [1.807, 2.05) is 4.57 Å². The molecule has 1 atom stereocenters. The summed E-state index contributed by atoms with van der Waals surface area (Å²) < 4.78 is 20.7. The minimum Gasteiger partial charge on any atom is -0.494 e. The third-order valence-electron chi connectivity index (χ3n) is 6.06. The van der Waals surface area contributed by atoms with E-state index in [1.54, 1.807) is 12.1 Å². The number of hydrogen-bond donors (Lipinski definition) is 1. The monoisotopic (exact) mass is 514 g/mol. The molecule has 0 radical (unpaired) electrons. The number of nitrogens with one attached hydrogen (secondary N) is 1. The molecule has 0 aliphatic carbocycles. The fourth-order valence-corrected chi connectivity index (χ4v) is 4.92. The van der Waals surface area contributed by atoms with Crippen LogP contribution in [0, 0.1) is 15.9 Å². The SMILES string of the molecule is COc1cc([N+](=O)[O-])ccc1NC(=O)CSc1nnc(C(C)N2CCCCC2)n1-c1ccc(F)cc1. The van der Waals surface area contributed by atoms with Crippen LogP contribution in [0.15, 0.2) is 47.6 Å². The van der Waals surface area contributed by atoms with Gasteiger partial charge >= 0.3 is 0 Å². The van der Waals surface area contributed by atoms with Gasteiger partial charge in [0.1, 0.15) is 11.6 Å². The number of carbonyl (C=O) groups is 1. The van der Waals surface area contributed by atoms with Crippen LogP contribution in [0.4, 0.5) is 15.8 Å². The summed E-state index contributed by atoms with van der Waals surface area (Å²) >= 11 is 1.20. The predicted octanol–water partition coefficient (Wildman–Crippen LogP) is 4.60. The molecule has 4 rings (SSSR count). The van der Waals surface area contributed by atoms with Gasteiger partial charge < -0.3 is 10.1 Å². The Morgan fingerprint density at radius 2 is 1.92 bits per heavy atom. The quantitative estimate of drug-likeness (QED) is 0.250. The zero-order valence-corrected chi connectivity index (χ0v) is 20.8. The summed E-state index contributed by atoms with van der Waals surface area (Å²) in [5.41, 5.74) is 0.898. The average Bonchev–Trinajstić information content (AvgIpc) is 3.32. The summed E-state index contributed by atoms with van der Waals surface area (Å²) in [7, 11) is 1.37. The molecule has 1 aliphatic rings. The molecule has 0 spiro atoms. The Morgan fingerprint density at radius 3 is 2.58 bits per heavy atom. The molecule has 3 aromatic rings. The number of nitro benzene ring substituents is 1. The minimum atomic E-state index is -0.533. The normalized spacial score (nSPS) is 14.9. The van der Waals surface area contributed by atoms with Crippen LogP contribution in [-0.4, -0.2) is 56.4 Å². The average molecular weight is 515 g/mol. The summed E-state index contributed by atoms with van der Waals surface area (Å²) in [4.78, 5) is 25.5. The van der Waals surface area contributed by atoms with Crippen LogP contribution >= 0.6 is 11.8 Å². The number of aromatic nitrogens is 3. The van der Waals surface area contributed by atoms with Crippen molar-refractivity contribution in [1.29, 1.82) is 0 Å². The summed E-state index contributed by atoms with van der Waals surface area (Å²) in [5.74, 6) is 0.241. The Morgan fingerprint density at radius 1 is 1.19 bits per heavy atom. The van der Waals surface area contributed by atoms with E-state index in [1.165, 1.54) is 55.6 Å². The number of nitrogens with zero attached hydrogens (tertiary/aromatic N) is 5. The fourth-order valence-electron chi connectivity index (χ4n) is 4.16. The Kier molecular flexibility index (Phi) is 8.16. The molecule has 1 fully saturated rings. The van der Waals surface area contributed by atoms with Crippen molar-refractivity contribution < 1.29 is 18.8 Å². The molecule has 36 heavy (non-hydrogen) atoms. The topological polar surface area (TPSA) is 115 Å². The number of methoxy groups -OCH3 is 1. The van der Waals surface area contributed by atoms with E-state index < -0.39 is 4.92 Å². The number of thioether (sulfide) groups is 1. The first-order chi connectivity index (χ1) is 17.4. The molecule has 1 unspecified atom stereocenters. The Hall–Kier alpha value is -3.51. The van der Waals surface area contributed by atoms with Gasteiger partial charge in [0, 0.05) is 11.8 Å². The lowest BCUT2D eigenvalue weighted by Gasteiger charge is -2.31. The van der Waals surface area contributed by atoms with Gasteiger partial charge in [-0.2, -0.15) is 0 Å². The highest BCUT2D eigenvalue weighted by Gasteiger charge is 2.26. The molecule has 12 heteroatoms. The highest BCUT2D eigenvalue weighted by atomic mass is 32.2.